The molecule has 0 radical (unpaired) electrons. The number of hydrogen-bond acceptors (Lipinski definition) is 8. The SMILES string of the molecule is O=C(CN1CCC(c2nnc(-c3ccsc3)o2)CC1)Nc1ccc([N+](=O)[O-])cc1. The minimum absolute atomic E-state index is 0.00625. The van der Waals surface area contributed by atoms with E-state index < -0.39 is 4.92 Å². The number of benzene rings is 1. The number of non-ortho nitro benzene ring substituents is 1. The molecule has 1 fully saturated rings. The van der Waals surface area contributed by atoms with Gasteiger partial charge in [-0.15, -0.1) is 10.2 Å². The largest absolute Gasteiger partial charge is 0.420 e. The maximum atomic E-state index is 12.3. The maximum absolute atomic E-state index is 12.3. The molecule has 9 nitrogen and oxygen atoms in total. The van der Waals surface area contributed by atoms with E-state index in [0.29, 0.717) is 17.5 Å². The molecule has 2 aromatic heterocycles. The van der Waals surface area contributed by atoms with Crippen molar-refractivity contribution in [2.45, 2.75) is 18.8 Å². The van der Waals surface area contributed by atoms with E-state index in [-0.39, 0.29) is 24.1 Å². The van der Waals surface area contributed by atoms with Crippen LogP contribution in [0.4, 0.5) is 11.4 Å². The molecule has 0 atom stereocenters. The van der Waals surface area contributed by atoms with Crippen LogP contribution in [0.15, 0.2) is 45.5 Å². The summed E-state index contributed by atoms with van der Waals surface area (Å²) in [7, 11) is 0. The molecule has 0 saturated carbocycles. The second kappa shape index (κ2) is 8.50. The molecule has 1 aliphatic heterocycles. The van der Waals surface area contributed by atoms with Crippen molar-refractivity contribution >= 4 is 28.6 Å². The Bertz CT molecular complexity index is 978. The van der Waals surface area contributed by atoms with Gasteiger partial charge in [0.2, 0.25) is 17.7 Å². The number of amides is 1. The highest BCUT2D eigenvalue weighted by atomic mass is 32.1. The van der Waals surface area contributed by atoms with E-state index in [1.165, 1.54) is 24.3 Å². The van der Waals surface area contributed by atoms with E-state index in [4.69, 9.17) is 4.42 Å². The number of nitro benzene ring substituents is 1. The monoisotopic (exact) mass is 413 g/mol. The summed E-state index contributed by atoms with van der Waals surface area (Å²) in [5.74, 6) is 1.26. The summed E-state index contributed by atoms with van der Waals surface area (Å²) < 4.78 is 5.83. The third-order valence-corrected chi connectivity index (χ3v) is 5.56. The summed E-state index contributed by atoms with van der Waals surface area (Å²) in [4.78, 5) is 24.6. The summed E-state index contributed by atoms with van der Waals surface area (Å²) >= 11 is 1.59. The third kappa shape index (κ3) is 4.66. The van der Waals surface area contributed by atoms with Crippen molar-refractivity contribution in [2.75, 3.05) is 25.0 Å². The summed E-state index contributed by atoms with van der Waals surface area (Å²) in [6.45, 7) is 1.79. The van der Waals surface area contributed by atoms with Gasteiger partial charge in [0.05, 0.1) is 11.5 Å². The van der Waals surface area contributed by atoms with Crippen molar-refractivity contribution in [1.82, 2.24) is 15.1 Å². The molecule has 10 heteroatoms. The van der Waals surface area contributed by atoms with E-state index >= 15 is 0 Å². The fourth-order valence-corrected chi connectivity index (χ4v) is 3.94. The normalized spacial score (nSPS) is 15.3. The van der Waals surface area contributed by atoms with Crippen LogP contribution in [-0.2, 0) is 4.79 Å². The zero-order valence-corrected chi connectivity index (χ0v) is 16.3. The molecule has 0 unspecified atom stereocenters. The van der Waals surface area contributed by atoms with Crippen molar-refractivity contribution in [3.63, 3.8) is 0 Å². The molecular formula is C19H19N5O4S. The Morgan fingerprint density at radius 1 is 1.24 bits per heavy atom. The van der Waals surface area contributed by atoms with Gasteiger partial charge in [-0.2, -0.15) is 11.3 Å². The van der Waals surface area contributed by atoms with Crippen LogP contribution < -0.4 is 5.32 Å². The van der Waals surface area contributed by atoms with Crippen LogP contribution in [0.3, 0.4) is 0 Å². The predicted octanol–water partition coefficient (Wildman–Crippen LogP) is 3.52. The number of nitro groups is 1. The molecule has 3 heterocycles. The number of nitrogens with zero attached hydrogens (tertiary/aromatic N) is 4. The molecule has 1 aliphatic rings. The molecule has 150 valence electrons. The lowest BCUT2D eigenvalue weighted by Gasteiger charge is -2.29. The number of thiophene rings is 1. The van der Waals surface area contributed by atoms with Crippen molar-refractivity contribution in [3.8, 4) is 11.5 Å². The molecule has 1 aromatic carbocycles. The van der Waals surface area contributed by atoms with Crippen molar-refractivity contribution < 1.29 is 14.1 Å². The number of likely N-dealkylation sites (tertiary alicyclic amines) is 1. The van der Waals surface area contributed by atoms with E-state index in [9.17, 15) is 14.9 Å². The number of anilines is 1. The summed E-state index contributed by atoms with van der Waals surface area (Å²) in [6.07, 6.45) is 1.69. The fraction of sp³-hybridized carbons (Fsp3) is 0.316. The Morgan fingerprint density at radius 3 is 2.66 bits per heavy atom. The summed E-state index contributed by atoms with van der Waals surface area (Å²) in [5.41, 5.74) is 1.48. The quantitative estimate of drug-likeness (QED) is 0.486. The molecule has 3 aromatic rings. The van der Waals surface area contributed by atoms with Gasteiger partial charge in [0.25, 0.3) is 5.69 Å². The highest BCUT2D eigenvalue weighted by Gasteiger charge is 2.26. The Balaban J connectivity index is 1.26. The minimum Gasteiger partial charge on any atom is -0.420 e. The van der Waals surface area contributed by atoms with Crippen LogP contribution in [0.1, 0.15) is 24.7 Å². The average Bonchev–Trinajstić information content (AvgIpc) is 3.41. The number of piperidine rings is 1. The number of aromatic nitrogens is 2. The van der Waals surface area contributed by atoms with Crippen LogP contribution in [0.5, 0.6) is 0 Å². The van der Waals surface area contributed by atoms with Crippen LogP contribution in [0.2, 0.25) is 0 Å². The first kappa shape index (κ1) is 19.2. The average molecular weight is 413 g/mol. The van der Waals surface area contributed by atoms with E-state index in [0.717, 1.165) is 31.5 Å². The van der Waals surface area contributed by atoms with Gasteiger partial charge in [0.1, 0.15) is 0 Å². The number of carbonyl (C=O) groups is 1. The number of carbonyl (C=O) groups excluding carboxylic acids is 1. The van der Waals surface area contributed by atoms with Gasteiger partial charge >= 0.3 is 0 Å². The van der Waals surface area contributed by atoms with Gasteiger partial charge in [-0.1, -0.05) is 0 Å². The van der Waals surface area contributed by atoms with Gasteiger partial charge in [-0.05, 0) is 49.5 Å². The standard InChI is InChI=1S/C19H19N5O4S/c25-17(20-15-1-3-16(4-2-15)24(26)27)11-23-8-5-13(6-9-23)18-21-22-19(28-18)14-7-10-29-12-14/h1-4,7,10,12-13H,5-6,8-9,11H2,(H,20,25). The highest BCUT2D eigenvalue weighted by Crippen LogP contribution is 2.29. The van der Waals surface area contributed by atoms with Crippen LogP contribution in [0.25, 0.3) is 11.5 Å². The zero-order valence-electron chi connectivity index (χ0n) is 15.5. The lowest BCUT2D eigenvalue weighted by molar-refractivity contribution is -0.384. The van der Waals surface area contributed by atoms with Gasteiger partial charge in [-0.25, -0.2) is 0 Å². The lowest BCUT2D eigenvalue weighted by Crippen LogP contribution is -2.38. The van der Waals surface area contributed by atoms with Gasteiger partial charge < -0.3 is 9.73 Å². The Labute approximate surface area is 170 Å². The minimum atomic E-state index is -0.470. The summed E-state index contributed by atoms with van der Waals surface area (Å²) in [5, 5.41) is 25.7. The zero-order chi connectivity index (χ0) is 20.2. The van der Waals surface area contributed by atoms with Crippen molar-refractivity contribution in [2.24, 2.45) is 0 Å². The van der Waals surface area contributed by atoms with Crippen molar-refractivity contribution in [1.29, 1.82) is 0 Å². The Morgan fingerprint density at radius 2 is 2.00 bits per heavy atom. The molecule has 0 bridgehead atoms. The predicted molar refractivity (Wildman–Crippen MR) is 108 cm³/mol. The molecule has 0 spiro atoms. The number of rotatable bonds is 6. The Hall–Kier alpha value is -3.11. The first-order valence-electron chi connectivity index (χ1n) is 9.21. The van der Waals surface area contributed by atoms with Crippen LogP contribution in [0, 0.1) is 10.1 Å². The molecular weight excluding hydrogens is 394 g/mol. The fourth-order valence-electron chi connectivity index (χ4n) is 3.31. The summed E-state index contributed by atoms with van der Waals surface area (Å²) in [6, 6.07) is 7.76. The second-order valence-electron chi connectivity index (χ2n) is 6.86. The second-order valence-corrected chi connectivity index (χ2v) is 7.64. The highest BCUT2D eigenvalue weighted by molar-refractivity contribution is 7.08. The Kier molecular flexibility index (Phi) is 5.63. The lowest BCUT2D eigenvalue weighted by atomic mass is 9.97. The first-order chi connectivity index (χ1) is 14.1. The van der Waals surface area contributed by atoms with Gasteiger partial charge in [0.15, 0.2) is 0 Å². The molecule has 1 saturated heterocycles. The molecule has 4 rings (SSSR count). The first-order valence-corrected chi connectivity index (χ1v) is 10.2. The van der Waals surface area contributed by atoms with E-state index in [1.54, 1.807) is 11.3 Å². The van der Waals surface area contributed by atoms with Crippen molar-refractivity contribution in [3.05, 3.63) is 57.1 Å². The number of hydrogen-bond donors (Lipinski definition) is 1. The topological polar surface area (TPSA) is 114 Å². The molecule has 29 heavy (non-hydrogen) atoms. The third-order valence-electron chi connectivity index (χ3n) is 4.87. The molecule has 1 amide bonds. The van der Waals surface area contributed by atoms with Crippen LogP contribution in [-0.4, -0.2) is 45.6 Å². The smallest absolute Gasteiger partial charge is 0.269 e. The number of nitrogens with one attached hydrogen (secondary N) is 1. The molecule has 0 aliphatic carbocycles. The molecule has 1 N–H and O–H groups in total. The van der Waals surface area contributed by atoms with Gasteiger partial charge in [0, 0.05) is 34.7 Å². The van der Waals surface area contributed by atoms with E-state index in [2.05, 4.69) is 20.4 Å². The maximum Gasteiger partial charge on any atom is 0.269 e. The van der Waals surface area contributed by atoms with E-state index in [1.807, 2.05) is 16.8 Å². The van der Waals surface area contributed by atoms with Crippen LogP contribution >= 0.6 is 11.3 Å². The van der Waals surface area contributed by atoms with Gasteiger partial charge in [-0.3, -0.25) is 19.8 Å².